The summed E-state index contributed by atoms with van der Waals surface area (Å²) in [6, 6.07) is 0.217. The van der Waals surface area contributed by atoms with E-state index in [1.807, 2.05) is 17.7 Å². The van der Waals surface area contributed by atoms with E-state index in [1.54, 1.807) is 19.0 Å². The quantitative estimate of drug-likeness (QED) is 0.831. The molecule has 0 spiro atoms. The maximum Gasteiger partial charge on any atom is 0.242 e. The molecule has 0 aliphatic rings. The first-order valence-electron chi connectivity index (χ1n) is 5.92. The van der Waals surface area contributed by atoms with Crippen molar-refractivity contribution in [3.8, 4) is 0 Å². The van der Waals surface area contributed by atoms with Gasteiger partial charge in [0.2, 0.25) is 5.91 Å². The Morgan fingerprint density at radius 3 is 2.76 bits per heavy atom. The zero-order valence-corrected chi connectivity index (χ0v) is 11.3. The number of hydrogen-bond donors (Lipinski definition) is 1. The summed E-state index contributed by atoms with van der Waals surface area (Å²) in [7, 11) is 3.52. The zero-order chi connectivity index (χ0) is 13.0. The summed E-state index contributed by atoms with van der Waals surface area (Å²) in [5.74, 6) is 0.952. The van der Waals surface area contributed by atoms with Gasteiger partial charge in [-0.15, -0.1) is 0 Å². The minimum Gasteiger partial charge on any atom is -0.347 e. The largest absolute Gasteiger partial charge is 0.347 e. The van der Waals surface area contributed by atoms with Crippen LogP contribution < -0.4 is 5.32 Å². The number of likely N-dealkylation sites (N-methyl/N-ethyl adjacent to an activating group) is 1. The number of rotatable bonds is 5. The van der Waals surface area contributed by atoms with E-state index < -0.39 is 0 Å². The molecule has 1 atom stereocenters. The number of carbonyl (C=O) groups is 1. The SMILES string of the molecule is CCNC(C)c1cn(CC(=O)N(C)C)c(C)n1. The van der Waals surface area contributed by atoms with E-state index in [9.17, 15) is 4.79 Å². The van der Waals surface area contributed by atoms with Crippen molar-refractivity contribution in [3.63, 3.8) is 0 Å². The molecule has 0 bridgehead atoms. The van der Waals surface area contributed by atoms with E-state index in [4.69, 9.17) is 0 Å². The summed E-state index contributed by atoms with van der Waals surface area (Å²) in [6.45, 7) is 7.32. The molecule has 0 aliphatic heterocycles. The average molecular weight is 238 g/mol. The lowest BCUT2D eigenvalue weighted by Gasteiger charge is -2.11. The number of hydrogen-bond acceptors (Lipinski definition) is 3. The van der Waals surface area contributed by atoms with Gasteiger partial charge >= 0.3 is 0 Å². The molecule has 5 heteroatoms. The van der Waals surface area contributed by atoms with E-state index in [0.29, 0.717) is 6.54 Å². The van der Waals surface area contributed by atoms with Crippen LogP contribution in [0.4, 0.5) is 0 Å². The third kappa shape index (κ3) is 3.56. The second kappa shape index (κ2) is 5.82. The van der Waals surface area contributed by atoms with Crippen molar-refractivity contribution in [2.75, 3.05) is 20.6 Å². The van der Waals surface area contributed by atoms with Crippen LogP contribution in [0.3, 0.4) is 0 Å². The van der Waals surface area contributed by atoms with Crippen LogP contribution in [0.1, 0.15) is 31.4 Å². The van der Waals surface area contributed by atoms with Crippen molar-refractivity contribution < 1.29 is 4.79 Å². The van der Waals surface area contributed by atoms with Crippen LogP contribution in [0.25, 0.3) is 0 Å². The second-order valence-corrected chi connectivity index (χ2v) is 4.41. The standard InChI is InChI=1S/C12H22N4O/c1-6-13-9(2)11-7-16(10(3)14-11)8-12(17)15(4)5/h7,9,13H,6,8H2,1-5H3. The first-order valence-corrected chi connectivity index (χ1v) is 5.92. The van der Waals surface area contributed by atoms with Crippen molar-refractivity contribution in [1.82, 2.24) is 19.8 Å². The summed E-state index contributed by atoms with van der Waals surface area (Å²) in [5.41, 5.74) is 0.982. The van der Waals surface area contributed by atoms with Gasteiger partial charge in [0.15, 0.2) is 0 Å². The van der Waals surface area contributed by atoms with Gasteiger partial charge < -0.3 is 14.8 Å². The molecule has 1 amide bonds. The van der Waals surface area contributed by atoms with Crippen LogP contribution in [0.2, 0.25) is 0 Å². The Labute approximate surface area is 103 Å². The monoisotopic (exact) mass is 238 g/mol. The second-order valence-electron chi connectivity index (χ2n) is 4.41. The van der Waals surface area contributed by atoms with Crippen LogP contribution >= 0.6 is 0 Å². The zero-order valence-electron chi connectivity index (χ0n) is 11.3. The van der Waals surface area contributed by atoms with Gasteiger partial charge in [-0.25, -0.2) is 4.98 Å². The van der Waals surface area contributed by atoms with E-state index in [1.165, 1.54) is 0 Å². The summed E-state index contributed by atoms with van der Waals surface area (Å²) in [4.78, 5) is 17.7. The molecule has 1 aromatic heterocycles. The van der Waals surface area contributed by atoms with Gasteiger partial charge in [0.1, 0.15) is 12.4 Å². The number of nitrogens with one attached hydrogen (secondary N) is 1. The smallest absolute Gasteiger partial charge is 0.242 e. The van der Waals surface area contributed by atoms with Gasteiger partial charge in [-0.3, -0.25) is 4.79 Å². The van der Waals surface area contributed by atoms with E-state index in [-0.39, 0.29) is 11.9 Å². The summed E-state index contributed by atoms with van der Waals surface area (Å²) >= 11 is 0. The van der Waals surface area contributed by atoms with Gasteiger partial charge in [0.05, 0.1) is 5.69 Å². The van der Waals surface area contributed by atoms with Gasteiger partial charge in [0.25, 0.3) is 0 Å². The molecule has 1 heterocycles. The van der Waals surface area contributed by atoms with Crippen molar-refractivity contribution in [3.05, 3.63) is 17.7 Å². The highest BCUT2D eigenvalue weighted by Gasteiger charge is 2.13. The first kappa shape index (κ1) is 13.7. The molecule has 17 heavy (non-hydrogen) atoms. The molecule has 1 aromatic rings. The predicted octanol–water partition coefficient (Wildman–Crippen LogP) is 0.950. The Morgan fingerprint density at radius 1 is 1.59 bits per heavy atom. The Hall–Kier alpha value is -1.36. The molecule has 96 valence electrons. The normalized spacial score (nSPS) is 12.5. The Morgan fingerprint density at radius 2 is 2.24 bits per heavy atom. The van der Waals surface area contributed by atoms with Gasteiger partial charge in [-0.05, 0) is 20.4 Å². The highest BCUT2D eigenvalue weighted by Crippen LogP contribution is 2.11. The van der Waals surface area contributed by atoms with E-state index in [2.05, 4.69) is 24.1 Å². The topological polar surface area (TPSA) is 50.2 Å². The van der Waals surface area contributed by atoms with Crippen molar-refractivity contribution in [2.24, 2.45) is 0 Å². The fourth-order valence-electron chi connectivity index (χ4n) is 1.60. The molecular weight excluding hydrogens is 216 g/mol. The number of nitrogens with zero attached hydrogens (tertiary/aromatic N) is 3. The number of aryl methyl sites for hydroxylation is 1. The molecular formula is C12H22N4O. The molecule has 0 radical (unpaired) electrons. The highest BCUT2D eigenvalue weighted by molar-refractivity contribution is 5.75. The minimum absolute atomic E-state index is 0.0770. The lowest BCUT2D eigenvalue weighted by atomic mass is 10.2. The first-order chi connectivity index (χ1) is 7.95. The Kier molecular flexibility index (Phi) is 4.69. The molecule has 0 saturated heterocycles. The van der Waals surface area contributed by atoms with Crippen molar-refractivity contribution in [2.45, 2.75) is 33.4 Å². The van der Waals surface area contributed by atoms with Gasteiger partial charge in [-0.1, -0.05) is 6.92 Å². The minimum atomic E-state index is 0.0770. The summed E-state index contributed by atoms with van der Waals surface area (Å²) in [5, 5.41) is 3.31. The molecule has 1 unspecified atom stereocenters. The third-order valence-corrected chi connectivity index (χ3v) is 2.75. The fraction of sp³-hybridized carbons (Fsp3) is 0.667. The lowest BCUT2D eigenvalue weighted by Crippen LogP contribution is -2.26. The van der Waals surface area contributed by atoms with Crippen LogP contribution in [0.15, 0.2) is 6.20 Å². The van der Waals surface area contributed by atoms with Gasteiger partial charge in [0, 0.05) is 26.3 Å². The fourth-order valence-corrected chi connectivity index (χ4v) is 1.60. The molecule has 0 saturated carbocycles. The van der Waals surface area contributed by atoms with E-state index in [0.717, 1.165) is 18.1 Å². The summed E-state index contributed by atoms with van der Waals surface area (Å²) in [6.07, 6.45) is 1.95. The highest BCUT2D eigenvalue weighted by atomic mass is 16.2. The van der Waals surface area contributed by atoms with Crippen molar-refractivity contribution >= 4 is 5.91 Å². The third-order valence-electron chi connectivity index (χ3n) is 2.75. The Bertz CT molecular complexity index is 384. The lowest BCUT2D eigenvalue weighted by molar-refractivity contribution is -0.129. The predicted molar refractivity (Wildman–Crippen MR) is 67.7 cm³/mol. The number of imidazole rings is 1. The number of amides is 1. The Balaban J connectivity index is 2.78. The maximum absolute atomic E-state index is 11.6. The molecule has 0 aliphatic carbocycles. The molecule has 0 fully saturated rings. The van der Waals surface area contributed by atoms with Crippen LogP contribution in [-0.4, -0.2) is 41.0 Å². The average Bonchev–Trinajstić information content (AvgIpc) is 2.60. The molecule has 0 aromatic carbocycles. The van der Waals surface area contributed by atoms with Crippen LogP contribution in [0.5, 0.6) is 0 Å². The van der Waals surface area contributed by atoms with Gasteiger partial charge in [-0.2, -0.15) is 0 Å². The van der Waals surface area contributed by atoms with Crippen molar-refractivity contribution in [1.29, 1.82) is 0 Å². The van der Waals surface area contributed by atoms with Crippen LogP contribution in [-0.2, 0) is 11.3 Å². The maximum atomic E-state index is 11.6. The number of carbonyl (C=O) groups excluding carboxylic acids is 1. The molecule has 1 N–H and O–H groups in total. The summed E-state index contributed by atoms with van der Waals surface area (Å²) < 4.78 is 1.89. The molecule has 5 nitrogen and oxygen atoms in total. The number of aromatic nitrogens is 2. The van der Waals surface area contributed by atoms with Crippen LogP contribution in [0, 0.1) is 6.92 Å². The molecule has 1 rings (SSSR count). The van der Waals surface area contributed by atoms with E-state index >= 15 is 0 Å².